The summed E-state index contributed by atoms with van der Waals surface area (Å²) in [5.41, 5.74) is 7.28. The van der Waals surface area contributed by atoms with Crippen molar-refractivity contribution >= 4 is 22.4 Å². The smallest absolute Gasteiger partial charge is 0.159 e. The van der Waals surface area contributed by atoms with Gasteiger partial charge < -0.3 is 5.32 Å². The molecular formula is C18H23N5O. The lowest BCUT2D eigenvalue weighted by Crippen LogP contribution is -2.25. The Morgan fingerprint density at radius 2 is 2.17 bits per heavy atom. The monoisotopic (exact) mass is 325 g/mol. The highest BCUT2D eigenvalue weighted by atomic mass is 16.7. The number of rotatable bonds is 4. The van der Waals surface area contributed by atoms with Gasteiger partial charge in [0.05, 0.1) is 23.0 Å². The second-order valence-electron chi connectivity index (χ2n) is 7.20. The van der Waals surface area contributed by atoms with Gasteiger partial charge in [0.25, 0.3) is 0 Å². The lowest BCUT2D eigenvalue weighted by atomic mass is 9.99. The molecule has 24 heavy (non-hydrogen) atoms. The van der Waals surface area contributed by atoms with Crippen LogP contribution in [0.2, 0.25) is 0 Å². The van der Waals surface area contributed by atoms with E-state index in [0.717, 1.165) is 47.4 Å². The molecule has 2 N–H and O–H groups in total. The number of pyridine rings is 1. The number of aryl methyl sites for hydroxylation is 1. The fourth-order valence-corrected chi connectivity index (χ4v) is 3.88. The quantitative estimate of drug-likeness (QED) is 0.904. The molecule has 1 spiro atoms. The van der Waals surface area contributed by atoms with E-state index in [2.05, 4.69) is 33.9 Å². The first-order chi connectivity index (χ1) is 11.8. The lowest BCUT2D eigenvalue weighted by Gasteiger charge is -2.17. The Labute approximate surface area is 141 Å². The molecule has 1 aliphatic heterocycles. The summed E-state index contributed by atoms with van der Waals surface area (Å²) in [6, 6.07) is 0.572. The molecule has 0 amide bonds. The maximum atomic E-state index is 5.96. The summed E-state index contributed by atoms with van der Waals surface area (Å²) in [5, 5.41) is 9.27. The van der Waals surface area contributed by atoms with E-state index in [-0.39, 0.29) is 5.60 Å². The van der Waals surface area contributed by atoms with Gasteiger partial charge in [-0.25, -0.2) is 9.67 Å². The lowest BCUT2D eigenvalue weighted by molar-refractivity contribution is -0.0289. The molecule has 2 fully saturated rings. The Hall–Kier alpha value is -2.08. The third-order valence-corrected chi connectivity index (χ3v) is 5.40. The van der Waals surface area contributed by atoms with Crippen molar-refractivity contribution in [3.8, 4) is 0 Å². The summed E-state index contributed by atoms with van der Waals surface area (Å²) in [6.45, 7) is 2.92. The van der Waals surface area contributed by atoms with Crippen molar-refractivity contribution in [2.45, 2.75) is 63.6 Å². The van der Waals surface area contributed by atoms with Crippen LogP contribution >= 0.6 is 0 Å². The fourth-order valence-electron chi connectivity index (χ4n) is 3.88. The van der Waals surface area contributed by atoms with Crippen LogP contribution in [0.3, 0.4) is 0 Å². The molecule has 2 aromatic heterocycles. The van der Waals surface area contributed by atoms with Crippen LogP contribution in [0.1, 0.15) is 51.0 Å². The molecular weight excluding hydrogens is 302 g/mol. The van der Waals surface area contributed by atoms with Crippen molar-refractivity contribution < 1.29 is 4.84 Å². The molecule has 0 atom stereocenters. The largest absolute Gasteiger partial charge is 0.381 e. The van der Waals surface area contributed by atoms with Gasteiger partial charge in [0.2, 0.25) is 0 Å². The van der Waals surface area contributed by atoms with Crippen molar-refractivity contribution in [3.63, 3.8) is 0 Å². The highest BCUT2D eigenvalue weighted by Gasteiger charge is 2.39. The van der Waals surface area contributed by atoms with Crippen LogP contribution in [-0.4, -0.2) is 26.4 Å². The van der Waals surface area contributed by atoms with Gasteiger partial charge >= 0.3 is 0 Å². The molecule has 2 saturated carbocycles. The summed E-state index contributed by atoms with van der Waals surface area (Å²) in [6.07, 6.45) is 13.3. The highest BCUT2D eigenvalue weighted by Crippen LogP contribution is 2.42. The predicted octanol–water partition coefficient (Wildman–Crippen LogP) is 3.21. The number of anilines is 1. The van der Waals surface area contributed by atoms with Gasteiger partial charge in [0.15, 0.2) is 5.65 Å². The minimum absolute atomic E-state index is 0.116. The maximum Gasteiger partial charge on any atom is 0.159 e. The normalized spacial score (nSPS) is 22.1. The number of nitrogens with one attached hydrogen (secondary N) is 2. The third kappa shape index (κ3) is 2.20. The van der Waals surface area contributed by atoms with E-state index in [9.17, 15) is 0 Å². The van der Waals surface area contributed by atoms with Gasteiger partial charge in [0, 0.05) is 24.3 Å². The number of hydroxylamine groups is 1. The Morgan fingerprint density at radius 1 is 1.33 bits per heavy atom. The molecule has 0 aromatic carbocycles. The first-order valence-corrected chi connectivity index (χ1v) is 9.06. The molecule has 6 heteroatoms. The van der Waals surface area contributed by atoms with Gasteiger partial charge in [-0.3, -0.25) is 10.3 Å². The van der Waals surface area contributed by atoms with Crippen LogP contribution in [0.15, 0.2) is 18.5 Å². The summed E-state index contributed by atoms with van der Waals surface area (Å²) in [5.74, 6) is 0. The molecule has 2 aromatic rings. The highest BCUT2D eigenvalue weighted by molar-refractivity contribution is 5.96. The summed E-state index contributed by atoms with van der Waals surface area (Å²) in [7, 11) is 0. The van der Waals surface area contributed by atoms with E-state index in [1.54, 1.807) is 0 Å². The van der Waals surface area contributed by atoms with Gasteiger partial charge in [-0.05, 0) is 38.7 Å². The molecule has 0 radical (unpaired) electrons. The molecule has 3 heterocycles. The molecule has 0 saturated heterocycles. The Kier molecular flexibility index (Phi) is 3.10. The molecule has 2 aliphatic carbocycles. The predicted molar refractivity (Wildman–Crippen MR) is 93.2 cm³/mol. The van der Waals surface area contributed by atoms with Gasteiger partial charge in [-0.2, -0.15) is 5.10 Å². The van der Waals surface area contributed by atoms with Crippen LogP contribution in [-0.2, 0) is 11.4 Å². The number of hydrogen-bond donors (Lipinski definition) is 2. The van der Waals surface area contributed by atoms with Crippen LogP contribution in [0.5, 0.6) is 0 Å². The second kappa shape index (κ2) is 5.21. The van der Waals surface area contributed by atoms with Crippen molar-refractivity contribution in [2.75, 3.05) is 5.32 Å². The van der Waals surface area contributed by atoms with Gasteiger partial charge in [-0.15, -0.1) is 0 Å². The first-order valence-electron chi connectivity index (χ1n) is 9.06. The first kappa shape index (κ1) is 14.3. The Bertz CT molecular complexity index is 814. The Morgan fingerprint density at radius 3 is 2.92 bits per heavy atom. The summed E-state index contributed by atoms with van der Waals surface area (Å²) >= 11 is 0. The zero-order valence-corrected chi connectivity index (χ0v) is 14.0. The van der Waals surface area contributed by atoms with Crippen molar-refractivity contribution in [1.82, 2.24) is 20.2 Å². The van der Waals surface area contributed by atoms with Crippen LogP contribution in [0, 0.1) is 0 Å². The average molecular weight is 325 g/mol. The molecule has 126 valence electrons. The van der Waals surface area contributed by atoms with Gasteiger partial charge in [0.1, 0.15) is 5.60 Å². The molecule has 0 unspecified atom stereocenters. The van der Waals surface area contributed by atoms with E-state index < -0.39 is 0 Å². The Balaban J connectivity index is 1.62. The third-order valence-electron chi connectivity index (χ3n) is 5.40. The molecule has 0 bridgehead atoms. The van der Waals surface area contributed by atoms with E-state index in [1.807, 2.05) is 17.1 Å². The van der Waals surface area contributed by atoms with E-state index in [0.29, 0.717) is 6.04 Å². The van der Waals surface area contributed by atoms with Crippen molar-refractivity contribution in [2.24, 2.45) is 0 Å². The van der Waals surface area contributed by atoms with E-state index >= 15 is 0 Å². The second-order valence-corrected chi connectivity index (χ2v) is 7.20. The number of hydrogen-bond acceptors (Lipinski definition) is 5. The van der Waals surface area contributed by atoms with Crippen LogP contribution < -0.4 is 10.8 Å². The SMILES string of the molecule is CCn1ncc2c(NC3CC3)c(C3=CC4(CCCC4)ON3)cnc21. The molecule has 6 nitrogen and oxygen atoms in total. The fraction of sp³-hybridized carbons (Fsp3) is 0.556. The molecule has 5 rings (SSSR count). The van der Waals surface area contributed by atoms with E-state index in [4.69, 9.17) is 4.84 Å². The number of fused-ring (bicyclic) bond motifs is 1. The zero-order valence-electron chi connectivity index (χ0n) is 14.0. The summed E-state index contributed by atoms with van der Waals surface area (Å²) in [4.78, 5) is 10.6. The van der Waals surface area contributed by atoms with Crippen molar-refractivity contribution in [3.05, 3.63) is 24.0 Å². The minimum atomic E-state index is -0.116. The topological polar surface area (TPSA) is 64.0 Å². The van der Waals surface area contributed by atoms with Crippen LogP contribution in [0.4, 0.5) is 5.69 Å². The zero-order chi connectivity index (χ0) is 16.1. The maximum absolute atomic E-state index is 5.96. The average Bonchev–Trinajstić information content (AvgIpc) is 3.03. The number of nitrogens with zero attached hydrogens (tertiary/aromatic N) is 3. The van der Waals surface area contributed by atoms with Gasteiger partial charge in [-0.1, -0.05) is 12.8 Å². The number of aromatic nitrogens is 3. The van der Waals surface area contributed by atoms with Crippen molar-refractivity contribution in [1.29, 1.82) is 0 Å². The van der Waals surface area contributed by atoms with E-state index in [1.165, 1.54) is 25.7 Å². The molecule has 3 aliphatic rings. The minimum Gasteiger partial charge on any atom is -0.381 e. The summed E-state index contributed by atoms with van der Waals surface area (Å²) < 4.78 is 1.95. The standard InChI is InChI=1S/C18H23N5O/c1-2-23-17-14(11-20-23)16(21-12-5-6-12)13(10-19-17)15-9-18(24-22-15)7-3-4-8-18/h9-12,22H,2-8H2,1H3,(H,19,21). The van der Waals surface area contributed by atoms with Crippen LogP contribution in [0.25, 0.3) is 16.7 Å².